The maximum Gasteiger partial charge on any atom is 0.252 e. The van der Waals surface area contributed by atoms with Gasteiger partial charge in [0.2, 0.25) is 5.91 Å². The molecule has 3 aromatic rings. The molecule has 0 bridgehead atoms. The molecule has 0 spiro atoms. The summed E-state index contributed by atoms with van der Waals surface area (Å²) in [4.78, 5) is 26.6. The average molecular weight is 583 g/mol. The largest absolute Gasteiger partial charge is 0.354 e. The van der Waals surface area contributed by atoms with Crippen molar-refractivity contribution in [1.82, 2.24) is 19.2 Å². The van der Waals surface area contributed by atoms with Crippen molar-refractivity contribution in [3.63, 3.8) is 0 Å². The van der Waals surface area contributed by atoms with E-state index in [0.717, 1.165) is 51.6 Å². The Kier molecular flexibility index (Phi) is 7.12. The van der Waals surface area contributed by atoms with E-state index in [4.69, 9.17) is 9.97 Å². The molecule has 8 nitrogen and oxygen atoms in total. The third-order valence-electron chi connectivity index (χ3n) is 5.99. The molecule has 0 radical (unpaired) electrons. The molecule has 5 rings (SSSR count). The fourth-order valence-corrected chi connectivity index (χ4v) is 8.67. The van der Waals surface area contributed by atoms with E-state index in [-0.39, 0.29) is 11.7 Å². The zero-order valence-electron chi connectivity index (χ0n) is 18.4. The van der Waals surface area contributed by atoms with Crippen LogP contribution >= 0.6 is 39.0 Å². The van der Waals surface area contributed by atoms with Crippen LogP contribution in [-0.4, -0.2) is 78.5 Å². The quantitative estimate of drug-likeness (QED) is 0.410. The van der Waals surface area contributed by atoms with Crippen molar-refractivity contribution in [3.8, 4) is 0 Å². The molecule has 0 atom stereocenters. The molecule has 1 amide bonds. The first kappa shape index (κ1) is 24.0. The van der Waals surface area contributed by atoms with Gasteiger partial charge in [0.05, 0.1) is 20.6 Å². The number of benzene rings is 1. The Morgan fingerprint density at radius 2 is 1.65 bits per heavy atom. The van der Waals surface area contributed by atoms with E-state index in [1.54, 1.807) is 17.0 Å². The van der Waals surface area contributed by atoms with E-state index in [1.165, 1.54) is 27.4 Å². The van der Waals surface area contributed by atoms with Gasteiger partial charge in [0.1, 0.15) is 9.24 Å². The van der Waals surface area contributed by atoms with Crippen LogP contribution < -0.4 is 4.90 Å². The second-order valence-electron chi connectivity index (χ2n) is 8.17. The fraction of sp³-hybridized carbons (Fsp3) is 0.409. The zero-order chi connectivity index (χ0) is 23.7. The van der Waals surface area contributed by atoms with E-state index in [1.807, 2.05) is 24.3 Å². The number of hydrogen-bond donors (Lipinski definition) is 0. The zero-order valence-corrected chi connectivity index (χ0v) is 22.4. The molecular formula is C22H24BrN5O3S3. The number of thioether (sulfide) groups is 1. The third kappa shape index (κ3) is 4.97. The summed E-state index contributed by atoms with van der Waals surface area (Å²) < 4.78 is 28.3. The summed E-state index contributed by atoms with van der Waals surface area (Å²) in [6.45, 7) is 3.25. The normalized spacial score (nSPS) is 17.6. The predicted octanol–water partition coefficient (Wildman–Crippen LogP) is 3.68. The summed E-state index contributed by atoms with van der Waals surface area (Å²) in [5.74, 6) is 1.09. The van der Waals surface area contributed by atoms with Crippen molar-refractivity contribution >= 4 is 71.8 Å². The molecule has 2 fully saturated rings. The van der Waals surface area contributed by atoms with Gasteiger partial charge in [0.15, 0.2) is 5.82 Å². The van der Waals surface area contributed by atoms with Gasteiger partial charge in [-0.15, -0.1) is 11.3 Å². The third-order valence-corrected chi connectivity index (χ3v) is 10.9. The van der Waals surface area contributed by atoms with E-state index in [2.05, 4.69) is 20.8 Å². The molecule has 0 aliphatic carbocycles. The number of rotatable bonds is 6. The first-order chi connectivity index (χ1) is 16.4. The van der Waals surface area contributed by atoms with Crippen LogP contribution in [0.15, 0.2) is 49.4 Å². The first-order valence-electron chi connectivity index (χ1n) is 11.1. The lowest BCUT2D eigenvalue weighted by atomic mass is 10.3. The van der Waals surface area contributed by atoms with Crippen molar-refractivity contribution in [2.24, 2.45) is 0 Å². The number of amides is 1. The molecular weight excluding hydrogens is 558 g/mol. The van der Waals surface area contributed by atoms with Gasteiger partial charge in [0.25, 0.3) is 10.0 Å². The number of fused-ring (bicyclic) bond motifs is 1. The van der Waals surface area contributed by atoms with Crippen LogP contribution in [0.3, 0.4) is 0 Å². The van der Waals surface area contributed by atoms with Gasteiger partial charge >= 0.3 is 0 Å². The lowest BCUT2D eigenvalue weighted by Gasteiger charge is -2.33. The number of sulfonamides is 1. The summed E-state index contributed by atoms with van der Waals surface area (Å²) in [6, 6.07) is 11.1. The molecule has 0 saturated carbocycles. The number of carbonyl (C=O) groups excluding carboxylic acids is 1. The number of hydrogen-bond acceptors (Lipinski definition) is 8. The lowest BCUT2D eigenvalue weighted by Crippen LogP contribution is -2.50. The smallest absolute Gasteiger partial charge is 0.252 e. The summed E-state index contributed by atoms with van der Waals surface area (Å²) in [5, 5.41) is 0.776. The standard InChI is InChI=1S/C22H24BrN5O3S3/c23-18-7-8-20(33-18)34(30,31)28-13-11-26(12-14-28)19(29)15-32-22-21(27-9-3-4-10-27)24-16-5-1-2-6-17(16)25-22/h1-2,5-8H,3-4,9-15H2. The molecule has 0 unspecified atom stereocenters. The molecule has 2 aromatic heterocycles. The Balaban J connectivity index is 1.24. The van der Waals surface area contributed by atoms with Gasteiger partial charge in [0, 0.05) is 39.3 Å². The van der Waals surface area contributed by atoms with Crippen LogP contribution in [0.5, 0.6) is 0 Å². The van der Waals surface area contributed by atoms with Crippen molar-refractivity contribution in [3.05, 3.63) is 40.2 Å². The van der Waals surface area contributed by atoms with E-state index >= 15 is 0 Å². The maximum atomic E-state index is 13.0. The second-order valence-corrected chi connectivity index (χ2v) is 13.8. The number of halogens is 1. The molecule has 4 heterocycles. The molecule has 34 heavy (non-hydrogen) atoms. The molecule has 2 saturated heterocycles. The molecule has 12 heteroatoms. The van der Waals surface area contributed by atoms with Crippen LogP contribution in [0.1, 0.15) is 12.8 Å². The number of carbonyl (C=O) groups is 1. The summed E-state index contributed by atoms with van der Waals surface area (Å²) in [5.41, 5.74) is 1.68. The Morgan fingerprint density at radius 3 is 2.29 bits per heavy atom. The van der Waals surface area contributed by atoms with Gasteiger partial charge in [-0.25, -0.2) is 18.4 Å². The number of anilines is 1. The molecule has 1 aromatic carbocycles. The summed E-state index contributed by atoms with van der Waals surface area (Å²) >= 11 is 5.94. The van der Waals surface area contributed by atoms with Gasteiger partial charge < -0.3 is 9.80 Å². The van der Waals surface area contributed by atoms with Crippen LogP contribution in [0.25, 0.3) is 11.0 Å². The Bertz CT molecular complexity index is 1300. The minimum absolute atomic E-state index is 0.0109. The Morgan fingerprint density at radius 1 is 0.971 bits per heavy atom. The number of thiophene rings is 1. The van der Waals surface area contributed by atoms with Crippen molar-refractivity contribution in [1.29, 1.82) is 0 Å². The number of aromatic nitrogens is 2. The second kappa shape index (κ2) is 10.1. The highest BCUT2D eigenvalue weighted by atomic mass is 79.9. The Labute approximate surface area is 215 Å². The van der Waals surface area contributed by atoms with Crippen LogP contribution in [0.4, 0.5) is 5.82 Å². The molecule has 180 valence electrons. The molecule has 2 aliphatic rings. The van der Waals surface area contributed by atoms with Gasteiger partial charge in [-0.3, -0.25) is 4.79 Å². The van der Waals surface area contributed by atoms with Crippen molar-refractivity contribution in [2.45, 2.75) is 22.1 Å². The minimum Gasteiger partial charge on any atom is -0.354 e. The first-order valence-corrected chi connectivity index (χ1v) is 15.1. The average Bonchev–Trinajstić information content (AvgIpc) is 3.54. The number of para-hydroxylation sites is 2. The van der Waals surface area contributed by atoms with Gasteiger partial charge in [-0.2, -0.15) is 4.31 Å². The van der Waals surface area contributed by atoms with E-state index in [0.29, 0.717) is 30.4 Å². The summed E-state index contributed by atoms with van der Waals surface area (Å²) in [6.07, 6.45) is 2.26. The van der Waals surface area contributed by atoms with Crippen LogP contribution in [0.2, 0.25) is 0 Å². The molecule has 2 aliphatic heterocycles. The SMILES string of the molecule is O=C(CSc1nc2ccccc2nc1N1CCCC1)N1CCN(S(=O)(=O)c2ccc(Br)s2)CC1. The minimum atomic E-state index is -3.53. The van der Waals surface area contributed by atoms with E-state index in [9.17, 15) is 13.2 Å². The maximum absolute atomic E-state index is 13.0. The van der Waals surface area contributed by atoms with Gasteiger partial charge in [-0.1, -0.05) is 23.9 Å². The predicted molar refractivity (Wildman–Crippen MR) is 139 cm³/mol. The van der Waals surface area contributed by atoms with Crippen LogP contribution in [-0.2, 0) is 14.8 Å². The Hall–Kier alpha value is -1.73. The number of piperazine rings is 1. The van der Waals surface area contributed by atoms with Crippen molar-refractivity contribution < 1.29 is 13.2 Å². The highest BCUT2D eigenvalue weighted by molar-refractivity contribution is 9.11. The lowest BCUT2D eigenvalue weighted by molar-refractivity contribution is -0.129. The fourth-order valence-electron chi connectivity index (χ4n) is 4.17. The van der Waals surface area contributed by atoms with Gasteiger partial charge in [-0.05, 0) is 53.0 Å². The van der Waals surface area contributed by atoms with E-state index < -0.39 is 10.0 Å². The summed E-state index contributed by atoms with van der Waals surface area (Å²) in [7, 11) is -3.53. The topological polar surface area (TPSA) is 86.7 Å². The van der Waals surface area contributed by atoms with Crippen LogP contribution in [0, 0.1) is 0 Å². The monoisotopic (exact) mass is 581 g/mol. The molecule has 0 N–H and O–H groups in total. The highest BCUT2D eigenvalue weighted by Gasteiger charge is 2.31. The van der Waals surface area contributed by atoms with Crippen molar-refractivity contribution in [2.75, 3.05) is 49.9 Å². The highest BCUT2D eigenvalue weighted by Crippen LogP contribution is 2.32. The number of nitrogens with zero attached hydrogens (tertiary/aromatic N) is 5.